The zero-order chi connectivity index (χ0) is 12.4. The molecule has 2 rings (SSSR count). The Bertz CT molecular complexity index is 524. The number of halogens is 2. The molecule has 0 fully saturated rings. The summed E-state index contributed by atoms with van der Waals surface area (Å²) in [5, 5.41) is 0.732. The lowest BCUT2D eigenvalue weighted by molar-refractivity contribution is 0.470. The fraction of sp³-hybridized carbons (Fsp3) is 0.231. The number of hydrogen-bond donors (Lipinski definition) is 1. The summed E-state index contributed by atoms with van der Waals surface area (Å²) in [6.07, 6.45) is 0.866. The summed E-state index contributed by atoms with van der Waals surface area (Å²) >= 11 is 8.18. The van der Waals surface area contributed by atoms with Crippen molar-refractivity contribution in [2.75, 3.05) is 0 Å². The average Bonchev–Trinajstić information content (AvgIpc) is 2.77. The zero-order valence-electron chi connectivity index (χ0n) is 9.41. The van der Waals surface area contributed by atoms with Gasteiger partial charge in [-0.3, -0.25) is 0 Å². The Kier molecular flexibility index (Phi) is 4.12. The Hall–Kier alpha value is -0.520. The molecule has 2 N–H and O–H groups in total. The summed E-state index contributed by atoms with van der Waals surface area (Å²) < 4.78 is 6.84. The minimum Gasteiger partial charge on any atom is -0.459 e. The van der Waals surface area contributed by atoms with E-state index >= 15 is 0 Å². The van der Waals surface area contributed by atoms with Crippen molar-refractivity contribution in [1.29, 1.82) is 0 Å². The minimum absolute atomic E-state index is 0.0336. The van der Waals surface area contributed by atoms with Crippen LogP contribution in [0.3, 0.4) is 0 Å². The molecule has 0 radical (unpaired) electrons. The van der Waals surface area contributed by atoms with Crippen molar-refractivity contribution in [2.45, 2.75) is 19.4 Å². The first-order valence-corrected chi connectivity index (χ1v) is 6.88. The van der Waals surface area contributed by atoms with Gasteiger partial charge in [0.05, 0.1) is 6.04 Å². The van der Waals surface area contributed by atoms with Crippen molar-refractivity contribution in [3.05, 3.63) is 44.7 Å². The molecule has 0 spiro atoms. The second-order valence-corrected chi connectivity index (χ2v) is 5.44. The Morgan fingerprint density at radius 1 is 1.35 bits per heavy atom. The molecule has 0 saturated carbocycles. The normalized spacial score (nSPS) is 12.7. The highest BCUT2D eigenvalue weighted by atomic mass is 127. The van der Waals surface area contributed by atoms with E-state index in [1.54, 1.807) is 0 Å². The van der Waals surface area contributed by atoms with Crippen LogP contribution in [0.2, 0.25) is 5.02 Å². The van der Waals surface area contributed by atoms with E-state index in [1.165, 1.54) is 0 Å². The summed E-state index contributed by atoms with van der Waals surface area (Å²) in [5.41, 5.74) is 6.98. The van der Waals surface area contributed by atoms with Crippen LogP contribution in [0, 0.1) is 3.57 Å². The number of benzene rings is 1. The maximum absolute atomic E-state index is 5.93. The van der Waals surface area contributed by atoms with Gasteiger partial charge in [0.1, 0.15) is 11.5 Å². The number of rotatable bonds is 3. The van der Waals surface area contributed by atoms with Crippen LogP contribution >= 0.6 is 34.2 Å². The van der Waals surface area contributed by atoms with Gasteiger partial charge in [0.25, 0.3) is 0 Å². The molecule has 0 aliphatic carbocycles. The van der Waals surface area contributed by atoms with Crippen LogP contribution in [0.15, 0.2) is 34.7 Å². The van der Waals surface area contributed by atoms with Gasteiger partial charge in [0, 0.05) is 14.2 Å². The Morgan fingerprint density at radius 3 is 2.76 bits per heavy atom. The molecular weight excluding hydrogens is 349 g/mol. The van der Waals surface area contributed by atoms with E-state index in [4.69, 9.17) is 21.8 Å². The first kappa shape index (κ1) is 12.9. The molecule has 2 nitrogen and oxygen atoms in total. The Labute approximate surface area is 119 Å². The van der Waals surface area contributed by atoms with E-state index in [1.807, 2.05) is 37.3 Å². The second kappa shape index (κ2) is 5.42. The maximum Gasteiger partial charge on any atom is 0.135 e. The van der Waals surface area contributed by atoms with Gasteiger partial charge in [-0.25, -0.2) is 0 Å². The minimum atomic E-state index is -0.0336. The van der Waals surface area contributed by atoms with Gasteiger partial charge in [0.15, 0.2) is 0 Å². The van der Waals surface area contributed by atoms with Gasteiger partial charge in [-0.05, 0) is 59.3 Å². The van der Waals surface area contributed by atoms with Crippen LogP contribution in [-0.4, -0.2) is 0 Å². The van der Waals surface area contributed by atoms with E-state index in [0.29, 0.717) is 0 Å². The first-order valence-electron chi connectivity index (χ1n) is 5.42. The van der Waals surface area contributed by atoms with Gasteiger partial charge in [-0.2, -0.15) is 0 Å². The molecule has 1 atom stereocenters. The molecule has 1 unspecified atom stereocenters. The summed E-state index contributed by atoms with van der Waals surface area (Å²) in [7, 11) is 0. The highest BCUT2D eigenvalue weighted by Gasteiger charge is 2.12. The van der Waals surface area contributed by atoms with E-state index in [2.05, 4.69) is 22.6 Å². The van der Waals surface area contributed by atoms with Crippen LogP contribution in [0.1, 0.15) is 25.1 Å². The predicted molar refractivity (Wildman–Crippen MR) is 79.1 cm³/mol. The molecule has 1 aromatic heterocycles. The fourth-order valence-corrected chi connectivity index (χ4v) is 2.72. The highest BCUT2D eigenvalue weighted by Crippen LogP contribution is 2.30. The Morgan fingerprint density at radius 2 is 2.12 bits per heavy atom. The third kappa shape index (κ3) is 2.84. The van der Waals surface area contributed by atoms with Gasteiger partial charge in [-0.1, -0.05) is 18.5 Å². The second-order valence-electron chi connectivity index (χ2n) is 3.84. The molecule has 0 aliphatic rings. The van der Waals surface area contributed by atoms with Crippen molar-refractivity contribution >= 4 is 34.2 Å². The maximum atomic E-state index is 5.93. The molecule has 0 bridgehead atoms. The van der Waals surface area contributed by atoms with Crippen molar-refractivity contribution in [3.63, 3.8) is 0 Å². The largest absolute Gasteiger partial charge is 0.459 e. The van der Waals surface area contributed by atoms with E-state index in [-0.39, 0.29) is 6.04 Å². The summed E-state index contributed by atoms with van der Waals surface area (Å²) in [6, 6.07) is 9.60. The molecule has 0 aliphatic heterocycles. The molecule has 17 heavy (non-hydrogen) atoms. The lowest BCUT2D eigenvalue weighted by atomic mass is 10.2. The number of nitrogens with two attached hydrogens (primary N) is 1. The van der Waals surface area contributed by atoms with Crippen molar-refractivity contribution in [1.82, 2.24) is 0 Å². The van der Waals surface area contributed by atoms with Crippen molar-refractivity contribution < 1.29 is 4.42 Å². The third-order valence-corrected chi connectivity index (χ3v) is 3.76. The fourth-order valence-electron chi connectivity index (χ4n) is 1.59. The lowest BCUT2D eigenvalue weighted by Crippen LogP contribution is -2.06. The summed E-state index contributed by atoms with van der Waals surface area (Å²) in [6.45, 7) is 2.04. The van der Waals surface area contributed by atoms with Gasteiger partial charge in [-0.15, -0.1) is 0 Å². The standard InChI is InChI=1S/C13H13ClINO/c1-2-11(16)13-6-5-12(17-13)9-4-3-8(14)7-10(9)15/h3-7,11H,2,16H2,1H3. The molecule has 0 amide bonds. The highest BCUT2D eigenvalue weighted by molar-refractivity contribution is 14.1. The number of hydrogen-bond acceptors (Lipinski definition) is 2. The number of furan rings is 1. The Balaban J connectivity index is 2.37. The van der Waals surface area contributed by atoms with Crippen LogP contribution in [0.5, 0.6) is 0 Å². The van der Waals surface area contributed by atoms with E-state index in [9.17, 15) is 0 Å². The molecule has 2 aromatic rings. The van der Waals surface area contributed by atoms with E-state index in [0.717, 1.165) is 32.1 Å². The molecule has 90 valence electrons. The van der Waals surface area contributed by atoms with Gasteiger partial charge >= 0.3 is 0 Å². The summed E-state index contributed by atoms with van der Waals surface area (Å²) in [5.74, 6) is 1.67. The van der Waals surface area contributed by atoms with Crippen molar-refractivity contribution in [3.8, 4) is 11.3 Å². The van der Waals surface area contributed by atoms with Gasteiger partial charge < -0.3 is 10.2 Å². The average molecular weight is 362 g/mol. The first-order chi connectivity index (χ1) is 8.11. The molecule has 4 heteroatoms. The van der Waals surface area contributed by atoms with Crippen LogP contribution in [0.4, 0.5) is 0 Å². The lowest BCUT2D eigenvalue weighted by Gasteiger charge is -2.05. The van der Waals surface area contributed by atoms with Crippen LogP contribution in [-0.2, 0) is 0 Å². The predicted octanol–water partition coefficient (Wildman–Crippen LogP) is 4.61. The quantitative estimate of drug-likeness (QED) is 0.811. The third-order valence-electron chi connectivity index (χ3n) is 2.63. The van der Waals surface area contributed by atoms with Crippen molar-refractivity contribution in [2.24, 2.45) is 5.73 Å². The zero-order valence-corrected chi connectivity index (χ0v) is 12.3. The molecule has 1 aromatic carbocycles. The molecular formula is C13H13ClINO. The summed E-state index contributed by atoms with van der Waals surface area (Å²) in [4.78, 5) is 0. The monoisotopic (exact) mass is 361 g/mol. The topological polar surface area (TPSA) is 39.2 Å². The van der Waals surface area contributed by atoms with Gasteiger partial charge in [0.2, 0.25) is 0 Å². The molecule has 1 heterocycles. The van der Waals surface area contributed by atoms with Crippen LogP contribution < -0.4 is 5.73 Å². The van der Waals surface area contributed by atoms with Crippen LogP contribution in [0.25, 0.3) is 11.3 Å². The van der Waals surface area contributed by atoms with E-state index < -0.39 is 0 Å². The smallest absolute Gasteiger partial charge is 0.135 e. The molecule has 0 saturated heterocycles. The SMILES string of the molecule is CCC(N)c1ccc(-c2ccc(Cl)cc2I)o1.